The van der Waals surface area contributed by atoms with E-state index in [0.29, 0.717) is 17.3 Å². The smallest absolute Gasteiger partial charge is 0.324 e. The molecule has 34 heavy (non-hydrogen) atoms. The van der Waals surface area contributed by atoms with Crippen molar-refractivity contribution in [1.29, 1.82) is 0 Å². The zero-order chi connectivity index (χ0) is 24.6. The molecule has 2 N–H and O–H groups in total. The first-order valence-electron chi connectivity index (χ1n) is 11.6. The summed E-state index contributed by atoms with van der Waals surface area (Å²) >= 11 is 0. The van der Waals surface area contributed by atoms with Crippen molar-refractivity contribution in [2.24, 2.45) is 11.8 Å². The van der Waals surface area contributed by atoms with Crippen LogP contribution in [0.2, 0.25) is 0 Å². The molecule has 2 saturated carbocycles. The maximum atomic E-state index is 13.6. The SMILES string of the molecule is CCOP(=O)(O)Cc1ccc(NC(=O)C2(c3ccc(S(C)(=O)=O)cc3)CC2C2CCCC2)nc1. The summed E-state index contributed by atoms with van der Waals surface area (Å²) in [7, 11) is -7.04. The molecular formula is C24H31N2O6PS. The van der Waals surface area contributed by atoms with Crippen LogP contribution in [0.4, 0.5) is 5.82 Å². The summed E-state index contributed by atoms with van der Waals surface area (Å²) in [5, 5.41) is 2.93. The van der Waals surface area contributed by atoms with E-state index in [1.165, 1.54) is 25.3 Å². The lowest BCUT2D eigenvalue weighted by atomic mass is 9.86. The number of nitrogens with zero attached hydrogens (tertiary/aromatic N) is 1. The van der Waals surface area contributed by atoms with E-state index in [1.54, 1.807) is 43.3 Å². The molecule has 3 atom stereocenters. The van der Waals surface area contributed by atoms with Gasteiger partial charge in [0.05, 0.1) is 23.1 Å². The van der Waals surface area contributed by atoms with Gasteiger partial charge in [-0.15, -0.1) is 0 Å². The van der Waals surface area contributed by atoms with Crippen LogP contribution in [0.1, 0.15) is 50.2 Å². The highest BCUT2D eigenvalue weighted by Crippen LogP contribution is 2.61. The molecule has 0 bridgehead atoms. The molecule has 1 aromatic carbocycles. The minimum atomic E-state index is -3.72. The van der Waals surface area contributed by atoms with Crippen molar-refractivity contribution in [3.05, 3.63) is 53.7 Å². The third kappa shape index (κ3) is 5.28. The Balaban J connectivity index is 1.55. The highest BCUT2D eigenvalue weighted by molar-refractivity contribution is 7.90. The number of amides is 1. The average Bonchev–Trinajstić information content (AvgIpc) is 3.30. The molecule has 2 aliphatic carbocycles. The van der Waals surface area contributed by atoms with Gasteiger partial charge in [0, 0.05) is 12.5 Å². The number of hydrogen-bond acceptors (Lipinski definition) is 6. The molecule has 4 rings (SSSR count). The van der Waals surface area contributed by atoms with E-state index in [9.17, 15) is 22.7 Å². The van der Waals surface area contributed by atoms with Gasteiger partial charge in [0.1, 0.15) is 5.82 Å². The fraction of sp³-hybridized carbons (Fsp3) is 0.500. The molecule has 1 amide bonds. The first kappa shape index (κ1) is 25.0. The fourth-order valence-electron chi connectivity index (χ4n) is 5.24. The van der Waals surface area contributed by atoms with Crippen LogP contribution in [0.5, 0.6) is 0 Å². The van der Waals surface area contributed by atoms with Crippen molar-refractivity contribution in [1.82, 2.24) is 4.98 Å². The Bertz CT molecular complexity index is 1190. The number of hydrogen-bond donors (Lipinski definition) is 2. The lowest BCUT2D eigenvalue weighted by molar-refractivity contribution is -0.119. The molecule has 0 aliphatic heterocycles. The first-order chi connectivity index (χ1) is 16.0. The van der Waals surface area contributed by atoms with Crippen LogP contribution in [-0.4, -0.2) is 37.1 Å². The lowest BCUT2D eigenvalue weighted by Gasteiger charge is -2.21. The van der Waals surface area contributed by atoms with Crippen molar-refractivity contribution >= 4 is 29.2 Å². The third-order valence-corrected chi connectivity index (χ3v) is 9.52. The van der Waals surface area contributed by atoms with Gasteiger partial charge in [0.15, 0.2) is 9.84 Å². The molecule has 0 radical (unpaired) electrons. The topological polar surface area (TPSA) is 123 Å². The van der Waals surface area contributed by atoms with Crippen LogP contribution in [0, 0.1) is 11.8 Å². The minimum absolute atomic E-state index is 0.144. The molecule has 2 fully saturated rings. The summed E-state index contributed by atoms with van der Waals surface area (Å²) in [5.41, 5.74) is 0.656. The number of anilines is 1. The monoisotopic (exact) mass is 506 g/mol. The van der Waals surface area contributed by atoms with Gasteiger partial charge in [-0.05, 0) is 54.5 Å². The number of sulfone groups is 1. The molecule has 1 aromatic heterocycles. The van der Waals surface area contributed by atoms with Crippen LogP contribution < -0.4 is 5.32 Å². The fourth-order valence-corrected chi connectivity index (χ4v) is 7.01. The largest absolute Gasteiger partial charge is 0.332 e. The van der Waals surface area contributed by atoms with Gasteiger partial charge < -0.3 is 14.7 Å². The Morgan fingerprint density at radius 3 is 2.44 bits per heavy atom. The number of benzene rings is 1. The first-order valence-corrected chi connectivity index (χ1v) is 15.2. The van der Waals surface area contributed by atoms with E-state index in [0.717, 1.165) is 24.8 Å². The van der Waals surface area contributed by atoms with Gasteiger partial charge >= 0.3 is 7.60 Å². The summed E-state index contributed by atoms with van der Waals surface area (Å²) in [6.45, 7) is 1.80. The Hall–Kier alpha value is -2.06. The summed E-state index contributed by atoms with van der Waals surface area (Å²) in [4.78, 5) is 27.9. The Labute approximate surface area is 200 Å². The van der Waals surface area contributed by atoms with Crippen molar-refractivity contribution in [3.63, 3.8) is 0 Å². The molecule has 0 saturated heterocycles. The van der Waals surface area contributed by atoms with Crippen molar-refractivity contribution in [2.75, 3.05) is 18.2 Å². The quantitative estimate of drug-likeness (QED) is 0.486. The Morgan fingerprint density at radius 1 is 1.21 bits per heavy atom. The van der Waals surface area contributed by atoms with Crippen LogP contribution in [-0.2, 0) is 35.3 Å². The highest BCUT2D eigenvalue weighted by atomic mass is 32.2. The molecule has 0 spiro atoms. The van der Waals surface area contributed by atoms with Crippen molar-refractivity contribution in [2.45, 2.75) is 55.5 Å². The standard InChI is InChI=1S/C24H31N2O6PS/c1-3-32-33(28,29)16-17-8-13-22(25-15-17)26-23(27)24(14-21(24)18-6-4-5-7-18)19-9-11-20(12-10-19)34(2,30)31/h8-13,15,18,21H,3-7,14,16H2,1-2H3,(H,28,29)(H,25,26,27). The minimum Gasteiger partial charge on any atom is -0.324 e. The molecule has 184 valence electrons. The Morgan fingerprint density at radius 2 is 1.88 bits per heavy atom. The van der Waals surface area contributed by atoms with Crippen LogP contribution in [0.3, 0.4) is 0 Å². The second-order valence-electron chi connectivity index (χ2n) is 9.34. The molecule has 2 aliphatic rings. The van der Waals surface area contributed by atoms with Crippen LogP contribution in [0.15, 0.2) is 47.5 Å². The number of carbonyl (C=O) groups is 1. The average molecular weight is 507 g/mol. The predicted molar refractivity (Wildman–Crippen MR) is 129 cm³/mol. The van der Waals surface area contributed by atoms with Crippen molar-refractivity contribution < 1.29 is 27.2 Å². The number of aromatic nitrogens is 1. The molecule has 8 nitrogen and oxygen atoms in total. The second kappa shape index (κ2) is 9.53. The second-order valence-corrected chi connectivity index (χ2v) is 13.2. The molecule has 3 unspecified atom stereocenters. The zero-order valence-corrected chi connectivity index (χ0v) is 21.1. The van der Waals surface area contributed by atoms with Crippen molar-refractivity contribution in [3.8, 4) is 0 Å². The van der Waals surface area contributed by atoms with E-state index >= 15 is 0 Å². The van der Waals surface area contributed by atoms with E-state index in [4.69, 9.17) is 4.52 Å². The maximum absolute atomic E-state index is 13.6. The summed E-state index contributed by atoms with van der Waals surface area (Å²) < 4.78 is 40.6. The van der Waals surface area contributed by atoms with Gasteiger partial charge in [-0.3, -0.25) is 9.36 Å². The normalized spacial score (nSPS) is 24.5. The number of pyridine rings is 1. The van der Waals surface area contributed by atoms with Gasteiger partial charge in [-0.2, -0.15) is 0 Å². The Kier molecular flexibility index (Phi) is 7.02. The molecule has 2 aromatic rings. The molecular weight excluding hydrogens is 475 g/mol. The number of nitrogens with one attached hydrogen (secondary N) is 1. The summed E-state index contributed by atoms with van der Waals surface area (Å²) in [5.74, 6) is 0.902. The molecule has 1 heterocycles. The number of rotatable bonds is 9. The summed E-state index contributed by atoms with van der Waals surface area (Å²) in [6, 6.07) is 9.93. The van der Waals surface area contributed by atoms with Gasteiger partial charge in [-0.25, -0.2) is 13.4 Å². The predicted octanol–water partition coefficient (Wildman–Crippen LogP) is 4.29. The molecule has 10 heteroatoms. The summed E-state index contributed by atoms with van der Waals surface area (Å²) in [6.07, 6.45) is 7.76. The van der Waals surface area contributed by atoms with Gasteiger partial charge in [0.2, 0.25) is 5.91 Å². The number of carbonyl (C=O) groups excluding carboxylic acids is 1. The van der Waals surface area contributed by atoms with Crippen LogP contribution in [0.25, 0.3) is 0 Å². The van der Waals surface area contributed by atoms with Crippen LogP contribution >= 0.6 is 7.60 Å². The van der Waals surface area contributed by atoms with E-state index in [2.05, 4.69) is 10.3 Å². The highest BCUT2D eigenvalue weighted by Gasteiger charge is 2.63. The van der Waals surface area contributed by atoms with E-state index in [1.807, 2.05) is 0 Å². The zero-order valence-electron chi connectivity index (χ0n) is 19.4. The van der Waals surface area contributed by atoms with E-state index in [-0.39, 0.29) is 29.5 Å². The lowest BCUT2D eigenvalue weighted by Crippen LogP contribution is -2.31. The third-order valence-electron chi connectivity index (χ3n) is 6.97. The van der Waals surface area contributed by atoms with Gasteiger partial charge in [-0.1, -0.05) is 43.9 Å². The van der Waals surface area contributed by atoms with E-state index < -0.39 is 22.8 Å². The van der Waals surface area contributed by atoms with Gasteiger partial charge in [0.25, 0.3) is 0 Å². The maximum Gasteiger partial charge on any atom is 0.332 e.